The molecule has 0 aliphatic carbocycles. The van der Waals surface area contributed by atoms with E-state index in [2.05, 4.69) is 41.1 Å². The van der Waals surface area contributed by atoms with Gasteiger partial charge in [0.15, 0.2) is 0 Å². The van der Waals surface area contributed by atoms with E-state index in [9.17, 15) is 0 Å². The van der Waals surface area contributed by atoms with E-state index in [1.165, 1.54) is 61.9 Å². The third-order valence-electron chi connectivity index (χ3n) is 4.78. The number of likely N-dealkylation sites (tertiary alicyclic amines) is 1. The molecule has 3 heteroatoms. The third kappa shape index (κ3) is 3.46. The maximum Gasteiger partial charge on any atom is 0.121 e. The normalized spacial score (nSPS) is 17.2. The minimum absolute atomic E-state index is 0.681. The number of nitrogens with one attached hydrogen (secondary N) is 1. The van der Waals surface area contributed by atoms with Crippen LogP contribution in [0.25, 0.3) is 10.9 Å². The molecule has 0 unspecified atom stereocenters. The Kier molecular flexibility index (Phi) is 5.04. The summed E-state index contributed by atoms with van der Waals surface area (Å²) in [5, 5.41) is 1.30. The van der Waals surface area contributed by atoms with E-state index < -0.39 is 0 Å². The van der Waals surface area contributed by atoms with E-state index in [0.717, 1.165) is 12.4 Å². The summed E-state index contributed by atoms with van der Waals surface area (Å²) in [6.07, 6.45) is 5.17. The number of nitrogens with zero attached hydrogens (tertiary/aromatic N) is 1. The summed E-state index contributed by atoms with van der Waals surface area (Å²) < 4.78 is 5.59. The van der Waals surface area contributed by atoms with Gasteiger partial charge in [0.25, 0.3) is 0 Å². The summed E-state index contributed by atoms with van der Waals surface area (Å²) in [5.74, 6) is 1.64. The van der Waals surface area contributed by atoms with E-state index >= 15 is 0 Å². The van der Waals surface area contributed by atoms with Crippen molar-refractivity contribution < 1.29 is 4.74 Å². The number of H-pyrrole nitrogens is 1. The summed E-state index contributed by atoms with van der Waals surface area (Å²) in [6, 6.07) is 8.68. The molecule has 1 fully saturated rings. The molecule has 1 aromatic carbocycles. The van der Waals surface area contributed by atoms with Gasteiger partial charge in [0.1, 0.15) is 5.75 Å². The van der Waals surface area contributed by atoms with Crippen molar-refractivity contribution in [2.45, 2.75) is 45.4 Å². The van der Waals surface area contributed by atoms with Crippen LogP contribution in [0.3, 0.4) is 0 Å². The lowest BCUT2D eigenvalue weighted by atomic mass is 9.93. The van der Waals surface area contributed by atoms with Crippen molar-refractivity contribution in [2.75, 3.05) is 26.2 Å². The molecule has 1 aliphatic heterocycles. The predicted molar refractivity (Wildman–Crippen MR) is 92.8 cm³/mol. The molecule has 0 atom stereocenters. The molecule has 0 radical (unpaired) electrons. The van der Waals surface area contributed by atoms with Crippen molar-refractivity contribution in [2.24, 2.45) is 0 Å². The SMILES string of the molecule is CCCCN1CCC(c2cc3ccc(OCC)cc3[nH]2)CC1. The number of aromatic nitrogens is 1. The van der Waals surface area contributed by atoms with Crippen LogP contribution in [0.5, 0.6) is 5.75 Å². The molecule has 2 aromatic rings. The summed E-state index contributed by atoms with van der Waals surface area (Å²) in [4.78, 5) is 6.24. The predicted octanol–water partition coefficient (Wildman–Crippen LogP) is 4.55. The van der Waals surface area contributed by atoms with Crippen molar-refractivity contribution >= 4 is 10.9 Å². The Hall–Kier alpha value is -1.48. The van der Waals surface area contributed by atoms with Crippen LogP contribution in [0.2, 0.25) is 0 Å². The molecule has 0 spiro atoms. The van der Waals surface area contributed by atoms with Crippen LogP contribution in [0.15, 0.2) is 24.3 Å². The van der Waals surface area contributed by atoms with Gasteiger partial charge in [-0.05, 0) is 69.4 Å². The molecule has 120 valence electrons. The van der Waals surface area contributed by atoms with Crippen LogP contribution < -0.4 is 4.74 Å². The van der Waals surface area contributed by atoms with Crippen molar-refractivity contribution in [1.29, 1.82) is 0 Å². The Balaban J connectivity index is 1.66. The Labute approximate surface area is 133 Å². The second-order valence-corrected chi connectivity index (χ2v) is 6.38. The molecular formula is C19H28N2O. The third-order valence-corrected chi connectivity index (χ3v) is 4.78. The summed E-state index contributed by atoms with van der Waals surface area (Å²) in [5.41, 5.74) is 2.60. The van der Waals surface area contributed by atoms with Crippen LogP contribution in [0.4, 0.5) is 0 Å². The molecule has 3 rings (SSSR count). The molecule has 3 nitrogen and oxygen atoms in total. The number of aromatic amines is 1. The van der Waals surface area contributed by atoms with Gasteiger partial charge < -0.3 is 14.6 Å². The van der Waals surface area contributed by atoms with Gasteiger partial charge in [-0.1, -0.05) is 13.3 Å². The monoisotopic (exact) mass is 300 g/mol. The van der Waals surface area contributed by atoms with Crippen molar-refractivity contribution in [3.63, 3.8) is 0 Å². The molecule has 0 saturated carbocycles. The number of unbranched alkanes of at least 4 members (excludes halogenated alkanes) is 1. The highest BCUT2D eigenvalue weighted by Crippen LogP contribution is 2.31. The van der Waals surface area contributed by atoms with E-state index in [1.54, 1.807) is 0 Å². The Morgan fingerprint density at radius 3 is 2.73 bits per heavy atom. The highest BCUT2D eigenvalue weighted by molar-refractivity contribution is 5.82. The van der Waals surface area contributed by atoms with Crippen LogP contribution in [0, 0.1) is 0 Å². The average Bonchev–Trinajstić information content (AvgIpc) is 2.97. The number of rotatable bonds is 6. The zero-order chi connectivity index (χ0) is 15.4. The first-order valence-electron chi connectivity index (χ1n) is 8.78. The fourth-order valence-corrected chi connectivity index (χ4v) is 3.45. The lowest BCUT2D eigenvalue weighted by Crippen LogP contribution is -2.33. The second kappa shape index (κ2) is 7.19. The highest BCUT2D eigenvalue weighted by atomic mass is 16.5. The van der Waals surface area contributed by atoms with E-state index in [4.69, 9.17) is 4.74 Å². The van der Waals surface area contributed by atoms with Gasteiger partial charge in [-0.25, -0.2) is 0 Å². The average molecular weight is 300 g/mol. The largest absolute Gasteiger partial charge is 0.494 e. The first-order chi connectivity index (χ1) is 10.8. The van der Waals surface area contributed by atoms with Crippen LogP contribution >= 0.6 is 0 Å². The molecule has 0 amide bonds. The zero-order valence-electron chi connectivity index (χ0n) is 13.9. The smallest absolute Gasteiger partial charge is 0.121 e. The fraction of sp³-hybridized carbons (Fsp3) is 0.579. The molecule has 1 saturated heterocycles. The Morgan fingerprint density at radius 1 is 1.18 bits per heavy atom. The number of fused-ring (bicyclic) bond motifs is 1. The van der Waals surface area contributed by atoms with Gasteiger partial charge in [0.05, 0.1) is 6.61 Å². The van der Waals surface area contributed by atoms with E-state index in [0.29, 0.717) is 5.92 Å². The van der Waals surface area contributed by atoms with E-state index in [-0.39, 0.29) is 0 Å². The van der Waals surface area contributed by atoms with Crippen LogP contribution in [-0.4, -0.2) is 36.1 Å². The summed E-state index contributed by atoms with van der Waals surface area (Å²) in [6.45, 7) is 8.77. The van der Waals surface area contributed by atoms with Gasteiger partial charge in [-0.15, -0.1) is 0 Å². The van der Waals surface area contributed by atoms with Gasteiger partial charge >= 0.3 is 0 Å². The van der Waals surface area contributed by atoms with Crippen molar-refractivity contribution in [3.8, 4) is 5.75 Å². The van der Waals surface area contributed by atoms with Gasteiger partial charge in [0, 0.05) is 23.2 Å². The number of ether oxygens (including phenoxy) is 1. The molecular weight excluding hydrogens is 272 g/mol. The maximum absolute atomic E-state index is 5.59. The first-order valence-corrected chi connectivity index (χ1v) is 8.78. The highest BCUT2D eigenvalue weighted by Gasteiger charge is 2.21. The van der Waals surface area contributed by atoms with Crippen molar-refractivity contribution in [3.05, 3.63) is 30.0 Å². The van der Waals surface area contributed by atoms with E-state index in [1.807, 2.05) is 6.92 Å². The molecule has 1 N–H and O–H groups in total. The number of hydrogen-bond acceptors (Lipinski definition) is 2. The Bertz CT molecular complexity index is 597. The van der Waals surface area contributed by atoms with Crippen LogP contribution in [0.1, 0.15) is 51.1 Å². The topological polar surface area (TPSA) is 28.3 Å². The van der Waals surface area contributed by atoms with Gasteiger partial charge in [-0.2, -0.15) is 0 Å². The van der Waals surface area contributed by atoms with Crippen LogP contribution in [-0.2, 0) is 0 Å². The standard InChI is InChI=1S/C19H28N2O/c1-3-5-10-21-11-8-15(9-12-21)18-13-16-6-7-17(22-4-2)14-19(16)20-18/h6-7,13-15,20H,3-5,8-12H2,1-2H3. The van der Waals surface area contributed by atoms with Crippen molar-refractivity contribution in [1.82, 2.24) is 9.88 Å². The molecule has 1 aliphatic rings. The lowest BCUT2D eigenvalue weighted by Gasteiger charge is -2.31. The number of benzene rings is 1. The Morgan fingerprint density at radius 2 is 2.00 bits per heavy atom. The minimum atomic E-state index is 0.681. The second-order valence-electron chi connectivity index (χ2n) is 6.38. The molecule has 22 heavy (non-hydrogen) atoms. The summed E-state index contributed by atoms with van der Waals surface area (Å²) in [7, 11) is 0. The summed E-state index contributed by atoms with van der Waals surface area (Å²) >= 11 is 0. The molecule has 2 heterocycles. The first kappa shape index (κ1) is 15.4. The number of hydrogen-bond donors (Lipinski definition) is 1. The molecule has 0 bridgehead atoms. The zero-order valence-corrected chi connectivity index (χ0v) is 13.9. The van der Waals surface area contributed by atoms with Gasteiger partial charge in [-0.3, -0.25) is 0 Å². The lowest BCUT2D eigenvalue weighted by molar-refractivity contribution is 0.208. The minimum Gasteiger partial charge on any atom is -0.494 e. The van der Waals surface area contributed by atoms with Gasteiger partial charge in [0.2, 0.25) is 0 Å². The maximum atomic E-state index is 5.59. The number of piperidine rings is 1. The quantitative estimate of drug-likeness (QED) is 0.848. The fourth-order valence-electron chi connectivity index (χ4n) is 3.45. The molecule has 1 aromatic heterocycles.